The number of anilines is 1. The molecule has 2 amide bonds. The number of fused-ring (bicyclic) bond motifs is 1. The van der Waals surface area contributed by atoms with Gasteiger partial charge in [0.1, 0.15) is 5.60 Å². The van der Waals surface area contributed by atoms with Crippen molar-refractivity contribution in [2.75, 3.05) is 18.4 Å². The van der Waals surface area contributed by atoms with Crippen LogP contribution in [0.5, 0.6) is 0 Å². The van der Waals surface area contributed by atoms with E-state index in [4.69, 9.17) is 4.74 Å². The third-order valence-electron chi connectivity index (χ3n) is 4.61. The average Bonchev–Trinajstić information content (AvgIpc) is 3.01. The number of thiazole rings is 1. The van der Waals surface area contributed by atoms with Gasteiger partial charge in [0.05, 0.1) is 10.2 Å². The molecule has 0 aliphatic carbocycles. The zero-order valence-electron chi connectivity index (χ0n) is 16.4. The van der Waals surface area contributed by atoms with E-state index in [9.17, 15) is 9.59 Å². The van der Waals surface area contributed by atoms with Crippen LogP contribution in [0.1, 0.15) is 46.1 Å². The summed E-state index contributed by atoms with van der Waals surface area (Å²) < 4.78 is 6.49. The zero-order valence-corrected chi connectivity index (χ0v) is 17.2. The van der Waals surface area contributed by atoms with Crippen LogP contribution in [0.2, 0.25) is 0 Å². The zero-order chi connectivity index (χ0) is 19.6. The van der Waals surface area contributed by atoms with E-state index in [0.29, 0.717) is 31.1 Å². The molecule has 0 radical (unpaired) electrons. The van der Waals surface area contributed by atoms with Crippen molar-refractivity contribution in [2.45, 2.75) is 52.6 Å². The molecule has 6 nitrogen and oxygen atoms in total. The first-order valence-corrected chi connectivity index (χ1v) is 10.2. The van der Waals surface area contributed by atoms with Crippen molar-refractivity contribution < 1.29 is 14.3 Å². The van der Waals surface area contributed by atoms with Crippen LogP contribution < -0.4 is 5.32 Å². The van der Waals surface area contributed by atoms with E-state index in [1.54, 1.807) is 4.90 Å². The molecular weight excluding hydrogens is 362 g/mol. The van der Waals surface area contributed by atoms with Crippen LogP contribution in [0.15, 0.2) is 18.2 Å². The van der Waals surface area contributed by atoms with Crippen molar-refractivity contribution in [3.05, 3.63) is 23.8 Å². The van der Waals surface area contributed by atoms with E-state index in [1.807, 2.05) is 26.8 Å². The number of carbonyl (C=O) groups excluding carboxylic acids is 2. The largest absolute Gasteiger partial charge is 0.444 e. The van der Waals surface area contributed by atoms with Crippen molar-refractivity contribution in [3.63, 3.8) is 0 Å². The lowest BCUT2D eigenvalue weighted by Gasteiger charge is -2.32. The Morgan fingerprint density at radius 1 is 1.30 bits per heavy atom. The second-order valence-corrected chi connectivity index (χ2v) is 8.94. The molecule has 1 fully saturated rings. The Morgan fingerprint density at radius 3 is 2.63 bits per heavy atom. The molecule has 146 valence electrons. The molecule has 1 aliphatic heterocycles. The highest BCUT2D eigenvalue weighted by Gasteiger charge is 2.30. The summed E-state index contributed by atoms with van der Waals surface area (Å²) in [6, 6.07) is 6.20. The summed E-state index contributed by atoms with van der Waals surface area (Å²) in [7, 11) is 0. The molecule has 3 rings (SSSR count). The van der Waals surface area contributed by atoms with Crippen LogP contribution in [0, 0.1) is 5.92 Å². The highest BCUT2D eigenvalue weighted by atomic mass is 32.1. The van der Waals surface area contributed by atoms with Crippen LogP contribution in [0.3, 0.4) is 0 Å². The Labute approximate surface area is 163 Å². The van der Waals surface area contributed by atoms with E-state index in [0.717, 1.165) is 16.6 Å². The number of rotatable bonds is 3. The number of hydrogen-bond donors (Lipinski definition) is 1. The summed E-state index contributed by atoms with van der Waals surface area (Å²) in [6.45, 7) is 8.75. The van der Waals surface area contributed by atoms with Crippen LogP contribution in [0.4, 0.5) is 9.93 Å². The van der Waals surface area contributed by atoms with Crippen molar-refractivity contribution in [2.24, 2.45) is 5.92 Å². The minimum atomic E-state index is -0.504. The fourth-order valence-electron chi connectivity index (χ4n) is 3.10. The quantitative estimate of drug-likeness (QED) is 0.842. The van der Waals surface area contributed by atoms with E-state index in [1.165, 1.54) is 16.9 Å². The van der Waals surface area contributed by atoms with E-state index >= 15 is 0 Å². The first kappa shape index (κ1) is 19.6. The monoisotopic (exact) mass is 389 g/mol. The number of ether oxygens (including phenoxy) is 1. The van der Waals surface area contributed by atoms with Gasteiger partial charge in [0.25, 0.3) is 0 Å². The van der Waals surface area contributed by atoms with Crippen LogP contribution in [-0.2, 0) is 16.0 Å². The fraction of sp³-hybridized carbons (Fsp3) is 0.550. The standard InChI is InChI=1S/C20H27N3O3S/c1-5-13-6-7-15-16(12-13)27-18(21-15)22-17(24)14-8-10-23(11-9-14)19(25)26-20(2,3)4/h6-7,12,14H,5,8-11H2,1-4H3,(H,21,22,24). The van der Waals surface area contributed by atoms with Crippen molar-refractivity contribution >= 4 is 38.7 Å². The first-order valence-electron chi connectivity index (χ1n) is 9.43. The Balaban J connectivity index is 1.56. The van der Waals surface area contributed by atoms with Gasteiger partial charge in [-0.25, -0.2) is 9.78 Å². The number of benzene rings is 1. The summed E-state index contributed by atoms with van der Waals surface area (Å²) in [5.41, 5.74) is 1.67. The molecule has 0 spiro atoms. The van der Waals surface area contributed by atoms with Crippen molar-refractivity contribution in [1.82, 2.24) is 9.88 Å². The average molecular weight is 390 g/mol. The lowest BCUT2D eigenvalue weighted by Crippen LogP contribution is -2.43. The topological polar surface area (TPSA) is 71.5 Å². The van der Waals surface area contributed by atoms with Gasteiger partial charge in [0.2, 0.25) is 5.91 Å². The number of carbonyl (C=O) groups is 2. The van der Waals surface area contributed by atoms with Gasteiger partial charge in [0.15, 0.2) is 5.13 Å². The molecule has 7 heteroatoms. The van der Waals surface area contributed by atoms with Crippen molar-refractivity contribution in [3.8, 4) is 0 Å². The molecule has 27 heavy (non-hydrogen) atoms. The minimum absolute atomic E-state index is 0.0198. The Bertz CT molecular complexity index is 833. The van der Waals surface area contributed by atoms with E-state index in [-0.39, 0.29) is 17.9 Å². The van der Waals surface area contributed by atoms with Gasteiger partial charge in [-0.1, -0.05) is 24.3 Å². The number of nitrogens with zero attached hydrogens (tertiary/aromatic N) is 2. The Kier molecular flexibility index (Phi) is 5.69. The summed E-state index contributed by atoms with van der Waals surface area (Å²) >= 11 is 1.50. The summed E-state index contributed by atoms with van der Waals surface area (Å²) in [5.74, 6) is -0.129. The molecule has 0 unspecified atom stereocenters. The number of aromatic nitrogens is 1. The highest BCUT2D eigenvalue weighted by Crippen LogP contribution is 2.28. The smallest absolute Gasteiger partial charge is 0.410 e. The maximum atomic E-state index is 12.6. The summed E-state index contributed by atoms with van der Waals surface area (Å²) in [6.07, 6.45) is 1.94. The molecule has 1 saturated heterocycles. The third-order valence-corrected chi connectivity index (χ3v) is 5.54. The predicted octanol–water partition coefficient (Wildman–Crippen LogP) is 4.44. The second-order valence-electron chi connectivity index (χ2n) is 7.91. The molecule has 1 aromatic heterocycles. The second kappa shape index (κ2) is 7.84. The predicted molar refractivity (Wildman–Crippen MR) is 108 cm³/mol. The lowest BCUT2D eigenvalue weighted by molar-refractivity contribution is -0.121. The maximum absolute atomic E-state index is 12.6. The Morgan fingerprint density at radius 2 is 2.00 bits per heavy atom. The number of amides is 2. The summed E-state index contributed by atoms with van der Waals surface area (Å²) in [4.78, 5) is 30.9. The minimum Gasteiger partial charge on any atom is -0.444 e. The molecule has 1 aromatic carbocycles. The molecule has 2 heterocycles. The van der Waals surface area contributed by atoms with Gasteiger partial charge >= 0.3 is 6.09 Å². The SMILES string of the molecule is CCc1ccc2nc(NC(=O)C3CCN(C(=O)OC(C)(C)C)CC3)sc2c1. The van der Waals surface area contributed by atoms with E-state index < -0.39 is 5.60 Å². The molecule has 1 aliphatic rings. The van der Waals surface area contributed by atoms with E-state index in [2.05, 4.69) is 29.4 Å². The van der Waals surface area contributed by atoms with Crippen LogP contribution in [-0.4, -0.2) is 40.6 Å². The van der Waals surface area contributed by atoms with Gasteiger partial charge in [0, 0.05) is 19.0 Å². The fourth-order valence-corrected chi connectivity index (χ4v) is 4.03. The van der Waals surface area contributed by atoms with Gasteiger partial charge in [-0.15, -0.1) is 0 Å². The number of piperidine rings is 1. The number of likely N-dealkylation sites (tertiary alicyclic amines) is 1. The maximum Gasteiger partial charge on any atom is 0.410 e. The van der Waals surface area contributed by atoms with Crippen LogP contribution >= 0.6 is 11.3 Å². The molecule has 0 atom stereocenters. The van der Waals surface area contributed by atoms with Gasteiger partial charge in [-0.3, -0.25) is 4.79 Å². The van der Waals surface area contributed by atoms with Gasteiger partial charge in [-0.05, 0) is 57.7 Å². The molecule has 0 bridgehead atoms. The van der Waals surface area contributed by atoms with Gasteiger partial charge in [-0.2, -0.15) is 0 Å². The van der Waals surface area contributed by atoms with Gasteiger partial charge < -0.3 is 15.0 Å². The molecule has 0 saturated carbocycles. The molecular formula is C20H27N3O3S. The number of aryl methyl sites for hydroxylation is 1. The number of hydrogen-bond acceptors (Lipinski definition) is 5. The number of nitrogens with one attached hydrogen (secondary N) is 1. The molecule has 1 N–H and O–H groups in total. The third kappa shape index (κ3) is 4.97. The normalized spacial score (nSPS) is 15.8. The molecule has 2 aromatic rings. The summed E-state index contributed by atoms with van der Waals surface area (Å²) in [5, 5.41) is 3.59. The van der Waals surface area contributed by atoms with Crippen LogP contribution in [0.25, 0.3) is 10.2 Å². The van der Waals surface area contributed by atoms with Crippen molar-refractivity contribution in [1.29, 1.82) is 0 Å². The highest BCUT2D eigenvalue weighted by molar-refractivity contribution is 7.22. The first-order chi connectivity index (χ1) is 12.7. The lowest BCUT2D eigenvalue weighted by atomic mass is 9.96. The Hall–Kier alpha value is -2.15.